The molecule has 0 aliphatic carbocycles. The van der Waals surface area contributed by atoms with Gasteiger partial charge in [0.15, 0.2) is 0 Å². The maximum atomic E-state index is 12.1. The Morgan fingerprint density at radius 2 is 2.00 bits per heavy atom. The van der Waals surface area contributed by atoms with E-state index in [1.54, 1.807) is 4.90 Å². The number of likely N-dealkylation sites (tertiary alicyclic amines) is 1. The van der Waals surface area contributed by atoms with Crippen molar-refractivity contribution in [1.29, 1.82) is 0 Å². The third-order valence-electron chi connectivity index (χ3n) is 3.72. The Hall–Kier alpha value is -1.30. The largest absolute Gasteiger partial charge is 0.444 e. The first-order valence-electron chi connectivity index (χ1n) is 8.60. The van der Waals surface area contributed by atoms with E-state index < -0.39 is 5.60 Å². The molecule has 1 atom stereocenters. The highest BCUT2D eigenvalue weighted by Gasteiger charge is 2.30. The van der Waals surface area contributed by atoms with Crippen LogP contribution in [0, 0.1) is 5.92 Å². The fourth-order valence-corrected chi connectivity index (χ4v) is 2.72. The zero-order chi connectivity index (χ0) is 17.6. The molecule has 1 heterocycles. The monoisotopic (exact) mass is 327 g/mol. The molecule has 0 spiro atoms. The second-order valence-electron chi connectivity index (χ2n) is 7.63. The minimum Gasteiger partial charge on any atom is -0.444 e. The van der Waals surface area contributed by atoms with E-state index in [0.29, 0.717) is 19.0 Å². The van der Waals surface area contributed by atoms with Gasteiger partial charge in [0, 0.05) is 25.7 Å². The Labute approximate surface area is 140 Å². The molecule has 0 aromatic rings. The van der Waals surface area contributed by atoms with Crippen molar-refractivity contribution in [2.24, 2.45) is 5.92 Å². The lowest BCUT2D eigenvalue weighted by Crippen LogP contribution is -2.42. The lowest BCUT2D eigenvalue weighted by molar-refractivity contribution is -0.122. The van der Waals surface area contributed by atoms with Gasteiger partial charge >= 0.3 is 6.09 Å². The number of rotatable bonds is 6. The molecule has 1 fully saturated rings. The molecule has 0 aromatic carbocycles. The molecule has 0 saturated carbocycles. The number of hydrogen-bond acceptors (Lipinski definition) is 4. The van der Waals surface area contributed by atoms with Gasteiger partial charge in [-0.25, -0.2) is 4.79 Å². The lowest BCUT2D eigenvalue weighted by Gasteiger charge is -2.26. The molecule has 2 amide bonds. The van der Waals surface area contributed by atoms with Crippen molar-refractivity contribution in [3.05, 3.63) is 0 Å². The van der Waals surface area contributed by atoms with Crippen LogP contribution in [0.2, 0.25) is 0 Å². The average Bonchev–Trinajstić information content (AvgIpc) is 2.83. The third kappa shape index (κ3) is 7.68. The summed E-state index contributed by atoms with van der Waals surface area (Å²) in [5.41, 5.74) is -0.459. The van der Waals surface area contributed by atoms with Crippen LogP contribution >= 0.6 is 0 Å². The predicted octanol–water partition coefficient (Wildman–Crippen LogP) is 2.09. The van der Waals surface area contributed by atoms with Crippen molar-refractivity contribution in [2.75, 3.05) is 32.7 Å². The minimum absolute atomic E-state index is 0.0591. The molecule has 6 nitrogen and oxygen atoms in total. The van der Waals surface area contributed by atoms with E-state index in [0.717, 1.165) is 26.1 Å². The first kappa shape index (κ1) is 19.7. The Kier molecular flexibility index (Phi) is 7.32. The summed E-state index contributed by atoms with van der Waals surface area (Å²) in [4.78, 5) is 27.9. The van der Waals surface area contributed by atoms with Gasteiger partial charge in [-0.1, -0.05) is 6.92 Å². The van der Waals surface area contributed by atoms with Crippen LogP contribution < -0.4 is 5.32 Å². The van der Waals surface area contributed by atoms with Crippen molar-refractivity contribution >= 4 is 12.0 Å². The van der Waals surface area contributed by atoms with Gasteiger partial charge in [0.1, 0.15) is 5.60 Å². The van der Waals surface area contributed by atoms with Crippen LogP contribution in [0.3, 0.4) is 0 Å². The van der Waals surface area contributed by atoms with Crippen LogP contribution in [0.15, 0.2) is 0 Å². The zero-order valence-corrected chi connectivity index (χ0v) is 15.5. The number of carbonyl (C=O) groups excluding carboxylic acids is 2. The Morgan fingerprint density at radius 3 is 2.52 bits per heavy atom. The van der Waals surface area contributed by atoms with Crippen molar-refractivity contribution < 1.29 is 14.3 Å². The summed E-state index contributed by atoms with van der Waals surface area (Å²) in [7, 11) is 0. The highest BCUT2D eigenvalue weighted by Crippen LogP contribution is 2.20. The van der Waals surface area contributed by atoms with E-state index in [2.05, 4.69) is 17.1 Å². The Morgan fingerprint density at radius 1 is 1.35 bits per heavy atom. The molecule has 1 aliphatic rings. The number of ether oxygens (including phenoxy) is 1. The first-order chi connectivity index (χ1) is 10.6. The molecule has 1 rings (SSSR count). The highest BCUT2D eigenvalue weighted by atomic mass is 16.6. The summed E-state index contributed by atoms with van der Waals surface area (Å²) in [5.74, 6) is 0.457. The molecule has 0 aromatic heterocycles. The highest BCUT2D eigenvalue weighted by molar-refractivity contribution is 5.78. The Balaban J connectivity index is 2.43. The summed E-state index contributed by atoms with van der Waals surface area (Å²) in [6.07, 6.45) is 0.724. The second-order valence-corrected chi connectivity index (χ2v) is 7.63. The maximum absolute atomic E-state index is 12.1. The van der Waals surface area contributed by atoms with Crippen LogP contribution in [0.25, 0.3) is 0 Å². The van der Waals surface area contributed by atoms with Gasteiger partial charge in [0.25, 0.3) is 0 Å². The summed E-state index contributed by atoms with van der Waals surface area (Å²) >= 11 is 0. The molecule has 0 bridgehead atoms. The van der Waals surface area contributed by atoms with Gasteiger partial charge in [-0.2, -0.15) is 0 Å². The molecule has 0 unspecified atom stereocenters. The molecular weight excluding hydrogens is 294 g/mol. The smallest absolute Gasteiger partial charge is 0.410 e. The van der Waals surface area contributed by atoms with Gasteiger partial charge in [-0.05, 0) is 53.5 Å². The van der Waals surface area contributed by atoms with Crippen LogP contribution in [-0.2, 0) is 9.53 Å². The molecule has 1 aliphatic heterocycles. The maximum Gasteiger partial charge on any atom is 0.410 e. The molecule has 0 radical (unpaired) electrons. The number of amides is 2. The van der Waals surface area contributed by atoms with Crippen LogP contribution in [-0.4, -0.2) is 66.2 Å². The summed E-state index contributed by atoms with van der Waals surface area (Å²) in [6.45, 7) is 15.1. The van der Waals surface area contributed by atoms with Gasteiger partial charge in [0.2, 0.25) is 5.91 Å². The van der Waals surface area contributed by atoms with Gasteiger partial charge in [-0.15, -0.1) is 0 Å². The minimum atomic E-state index is -0.459. The topological polar surface area (TPSA) is 61.9 Å². The van der Waals surface area contributed by atoms with Crippen molar-refractivity contribution in [3.63, 3.8) is 0 Å². The van der Waals surface area contributed by atoms with Crippen molar-refractivity contribution in [2.45, 2.75) is 59.6 Å². The number of nitrogens with zero attached hydrogens (tertiary/aromatic N) is 2. The fourth-order valence-electron chi connectivity index (χ4n) is 2.72. The molecule has 1 saturated heterocycles. The summed E-state index contributed by atoms with van der Waals surface area (Å²) in [6, 6.07) is 0.162. The van der Waals surface area contributed by atoms with E-state index >= 15 is 0 Å². The Bertz CT molecular complexity index is 404. The van der Waals surface area contributed by atoms with E-state index in [4.69, 9.17) is 4.74 Å². The van der Waals surface area contributed by atoms with E-state index in [1.165, 1.54) is 0 Å². The second kappa shape index (κ2) is 8.52. The van der Waals surface area contributed by atoms with Crippen molar-refractivity contribution in [1.82, 2.24) is 15.1 Å². The van der Waals surface area contributed by atoms with Gasteiger partial charge in [0.05, 0.1) is 6.54 Å². The van der Waals surface area contributed by atoms with Crippen molar-refractivity contribution in [3.8, 4) is 0 Å². The summed E-state index contributed by atoms with van der Waals surface area (Å²) in [5, 5.41) is 2.92. The molecule has 23 heavy (non-hydrogen) atoms. The third-order valence-corrected chi connectivity index (χ3v) is 3.72. The SMILES string of the molecule is CCN(CC(=O)NC(C)C)C[C@@H]1CCN(C(=O)OC(C)(C)C)C1. The number of carbonyl (C=O) groups is 2. The van der Waals surface area contributed by atoms with Crippen LogP contribution in [0.1, 0.15) is 48.0 Å². The fraction of sp³-hybridized carbons (Fsp3) is 0.882. The number of nitrogens with one attached hydrogen (secondary N) is 1. The van der Waals surface area contributed by atoms with E-state index in [9.17, 15) is 9.59 Å². The predicted molar refractivity (Wildman–Crippen MR) is 91.3 cm³/mol. The molecule has 134 valence electrons. The quantitative estimate of drug-likeness (QED) is 0.811. The van der Waals surface area contributed by atoms with Gasteiger partial charge in [-0.3, -0.25) is 9.69 Å². The van der Waals surface area contributed by atoms with Crippen LogP contribution in [0.4, 0.5) is 4.79 Å². The average molecular weight is 327 g/mol. The number of hydrogen-bond donors (Lipinski definition) is 1. The molecule has 1 N–H and O–H groups in total. The molecular formula is C17H33N3O3. The van der Waals surface area contributed by atoms with Crippen LogP contribution in [0.5, 0.6) is 0 Å². The molecule has 6 heteroatoms. The normalized spacial score (nSPS) is 18.6. The van der Waals surface area contributed by atoms with Gasteiger partial charge < -0.3 is 15.0 Å². The number of likely N-dealkylation sites (N-methyl/N-ethyl adjacent to an activating group) is 1. The van der Waals surface area contributed by atoms with E-state index in [-0.39, 0.29) is 18.0 Å². The standard InChI is InChI=1S/C17H33N3O3/c1-7-19(12-15(21)18-13(2)3)10-14-8-9-20(11-14)16(22)23-17(4,5)6/h13-14H,7-12H2,1-6H3,(H,18,21)/t14-/m0/s1. The zero-order valence-electron chi connectivity index (χ0n) is 15.5. The summed E-state index contributed by atoms with van der Waals surface area (Å²) < 4.78 is 5.42. The first-order valence-corrected chi connectivity index (χ1v) is 8.60. The lowest BCUT2D eigenvalue weighted by atomic mass is 10.1. The van der Waals surface area contributed by atoms with E-state index in [1.807, 2.05) is 34.6 Å².